The Hall–Kier alpha value is -3.40. The lowest BCUT2D eigenvalue weighted by Crippen LogP contribution is -2.20. The Morgan fingerprint density at radius 1 is 1.19 bits per heavy atom. The number of hydrogen-bond donors (Lipinski definition) is 2. The third kappa shape index (κ3) is 5.02. The molecule has 10 heteroatoms. The first-order chi connectivity index (χ1) is 14.8. The number of anilines is 1. The van der Waals surface area contributed by atoms with Gasteiger partial charge in [-0.2, -0.15) is 0 Å². The average Bonchev–Trinajstić information content (AvgIpc) is 3.07. The number of nitrogens with zero attached hydrogens (tertiary/aromatic N) is 2. The van der Waals surface area contributed by atoms with Crippen LogP contribution in [0.2, 0.25) is 0 Å². The first-order valence-electron chi connectivity index (χ1n) is 9.60. The van der Waals surface area contributed by atoms with Crippen molar-refractivity contribution in [3.8, 4) is 11.5 Å². The van der Waals surface area contributed by atoms with Crippen molar-refractivity contribution in [2.24, 2.45) is 5.73 Å². The molecule has 9 nitrogen and oxygen atoms in total. The number of carbonyl (C=O) groups is 2. The van der Waals surface area contributed by atoms with Crippen molar-refractivity contribution >= 4 is 39.2 Å². The maximum atomic E-state index is 12.3. The van der Waals surface area contributed by atoms with Gasteiger partial charge in [0.15, 0.2) is 18.1 Å². The number of aryl methyl sites for hydroxylation is 2. The van der Waals surface area contributed by atoms with Crippen molar-refractivity contribution in [3.63, 3.8) is 0 Å². The Bertz CT molecular complexity index is 1130. The topological polar surface area (TPSA) is 126 Å². The number of aromatic nitrogens is 2. The number of esters is 1. The lowest BCUT2D eigenvalue weighted by Gasteiger charge is -2.13. The van der Waals surface area contributed by atoms with E-state index >= 15 is 0 Å². The van der Waals surface area contributed by atoms with E-state index in [1.165, 1.54) is 18.4 Å². The predicted molar refractivity (Wildman–Crippen MR) is 118 cm³/mol. The summed E-state index contributed by atoms with van der Waals surface area (Å²) in [6.45, 7) is 5.97. The van der Waals surface area contributed by atoms with Gasteiger partial charge in [0.05, 0.1) is 19.1 Å². The third-order valence-electron chi connectivity index (χ3n) is 4.42. The minimum Gasteiger partial charge on any atom is -0.493 e. The average molecular weight is 445 g/mol. The molecule has 0 aliphatic carbocycles. The molecule has 0 atom stereocenters. The minimum absolute atomic E-state index is 0.230. The zero-order chi connectivity index (χ0) is 22.5. The first kappa shape index (κ1) is 22.3. The molecule has 0 spiro atoms. The summed E-state index contributed by atoms with van der Waals surface area (Å²) in [6, 6.07) is 5.37. The van der Waals surface area contributed by atoms with Gasteiger partial charge in [-0.1, -0.05) is 6.07 Å². The Morgan fingerprint density at radius 3 is 2.65 bits per heavy atom. The molecule has 0 bridgehead atoms. The van der Waals surface area contributed by atoms with E-state index in [9.17, 15) is 9.59 Å². The van der Waals surface area contributed by atoms with Gasteiger partial charge in [0.25, 0.3) is 5.91 Å². The van der Waals surface area contributed by atoms with E-state index in [0.717, 1.165) is 21.3 Å². The van der Waals surface area contributed by atoms with Crippen LogP contribution >= 0.6 is 11.3 Å². The summed E-state index contributed by atoms with van der Waals surface area (Å²) < 4.78 is 15.9. The summed E-state index contributed by atoms with van der Waals surface area (Å²) in [5, 5.41) is 4.12. The summed E-state index contributed by atoms with van der Waals surface area (Å²) in [6.07, 6.45) is 0. The number of rotatable bonds is 9. The minimum atomic E-state index is -0.565. The van der Waals surface area contributed by atoms with Crippen LogP contribution in [0.25, 0.3) is 10.2 Å². The SMILES string of the molecule is CCOC(=O)c1sc2nc(C)nc(NCc3ccc(OCC(N)=O)c(OC)c3)c2c1C. The van der Waals surface area contributed by atoms with Crippen molar-refractivity contribution in [2.75, 3.05) is 25.6 Å². The van der Waals surface area contributed by atoms with E-state index in [1.807, 2.05) is 13.0 Å². The van der Waals surface area contributed by atoms with Crippen molar-refractivity contribution in [3.05, 3.63) is 40.0 Å². The van der Waals surface area contributed by atoms with E-state index in [-0.39, 0.29) is 12.6 Å². The predicted octanol–water partition coefficient (Wildman–Crippen LogP) is 2.97. The van der Waals surface area contributed by atoms with Crippen molar-refractivity contribution < 1.29 is 23.8 Å². The number of primary amides is 1. The number of ether oxygens (including phenoxy) is 3. The fourth-order valence-electron chi connectivity index (χ4n) is 3.04. The van der Waals surface area contributed by atoms with E-state index < -0.39 is 5.91 Å². The van der Waals surface area contributed by atoms with Crippen LogP contribution in [0.4, 0.5) is 5.82 Å². The number of fused-ring (bicyclic) bond motifs is 1. The fraction of sp³-hybridized carbons (Fsp3) is 0.333. The molecule has 31 heavy (non-hydrogen) atoms. The molecule has 3 aromatic rings. The molecule has 1 aromatic carbocycles. The Morgan fingerprint density at radius 2 is 1.97 bits per heavy atom. The number of nitrogens with one attached hydrogen (secondary N) is 1. The fourth-order valence-corrected chi connectivity index (χ4v) is 4.16. The van der Waals surface area contributed by atoms with Crippen LogP contribution in [0.3, 0.4) is 0 Å². The molecular formula is C21H24N4O5S. The van der Waals surface area contributed by atoms with E-state index in [0.29, 0.717) is 41.2 Å². The third-order valence-corrected chi connectivity index (χ3v) is 5.59. The monoisotopic (exact) mass is 444 g/mol. The second kappa shape index (κ2) is 9.61. The lowest BCUT2D eigenvalue weighted by atomic mass is 10.1. The van der Waals surface area contributed by atoms with Crippen LogP contribution in [0, 0.1) is 13.8 Å². The molecule has 0 unspecified atom stereocenters. The Kier molecular flexibility index (Phi) is 6.91. The van der Waals surface area contributed by atoms with Gasteiger partial charge in [-0.15, -0.1) is 11.3 Å². The van der Waals surface area contributed by atoms with Gasteiger partial charge in [0.1, 0.15) is 21.3 Å². The number of benzene rings is 1. The summed E-state index contributed by atoms with van der Waals surface area (Å²) in [5.74, 6) is 1.23. The first-order valence-corrected chi connectivity index (χ1v) is 10.4. The zero-order valence-electron chi connectivity index (χ0n) is 17.8. The molecule has 2 heterocycles. The highest BCUT2D eigenvalue weighted by molar-refractivity contribution is 7.20. The molecule has 3 N–H and O–H groups in total. The second-order valence-electron chi connectivity index (χ2n) is 6.67. The van der Waals surface area contributed by atoms with Crippen LogP contribution in [0.15, 0.2) is 18.2 Å². The highest BCUT2D eigenvalue weighted by atomic mass is 32.1. The number of methoxy groups -OCH3 is 1. The Labute approximate surface area is 183 Å². The van der Waals surface area contributed by atoms with Gasteiger partial charge in [-0.25, -0.2) is 14.8 Å². The van der Waals surface area contributed by atoms with Gasteiger partial charge in [-0.05, 0) is 44.0 Å². The molecule has 2 aromatic heterocycles. The van der Waals surface area contributed by atoms with Crippen molar-refractivity contribution in [2.45, 2.75) is 27.3 Å². The number of amides is 1. The Balaban J connectivity index is 1.86. The molecule has 0 radical (unpaired) electrons. The van der Waals surface area contributed by atoms with E-state index in [1.54, 1.807) is 26.0 Å². The van der Waals surface area contributed by atoms with Gasteiger partial charge < -0.3 is 25.3 Å². The molecule has 3 rings (SSSR count). The standard InChI is InChI=1S/C21H24N4O5S/c1-5-29-21(27)18-11(2)17-19(24-12(3)25-20(17)31-18)23-9-13-6-7-14(15(8-13)28-4)30-10-16(22)26/h6-8H,5,9-10H2,1-4H3,(H2,22,26)(H,23,24,25). The summed E-state index contributed by atoms with van der Waals surface area (Å²) >= 11 is 1.30. The summed E-state index contributed by atoms with van der Waals surface area (Å²) in [5.41, 5.74) is 6.82. The van der Waals surface area contributed by atoms with Gasteiger partial charge >= 0.3 is 5.97 Å². The highest BCUT2D eigenvalue weighted by Crippen LogP contribution is 2.35. The van der Waals surface area contributed by atoms with Crippen LogP contribution in [0.1, 0.15) is 33.5 Å². The molecule has 0 aliphatic heterocycles. The maximum absolute atomic E-state index is 12.3. The summed E-state index contributed by atoms with van der Waals surface area (Å²) in [7, 11) is 1.52. The molecule has 0 saturated heterocycles. The number of carbonyl (C=O) groups excluding carboxylic acids is 2. The summed E-state index contributed by atoms with van der Waals surface area (Å²) in [4.78, 5) is 33.5. The van der Waals surface area contributed by atoms with Crippen molar-refractivity contribution in [1.82, 2.24) is 9.97 Å². The van der Waals surface area contributed by atoms with E-state index in [2.05, 4.69) is 15.3 Å². The molecule has 164 valence electrons. The van der Waals surface area contributed by atoms with Crippen LogP contribution in [-0.2, 0) is 16.1 Å². The highest BCUT2D eigenvalue weighted by Gasteiger charge is 2.21. The normalized spacial score (nSPS) is 10.7. The number of thiophene rings is 1. The van der Waals surface area contributed by atoms with Gasteiger partial charge in [0.2, 0.25) is 0 Å². The van der Waals surface area contributed by atoms with Crippen LogP contribution in [0.5, 0.6) is 11.5 Å². The smallest absolute Gasteiger partial charge is 0.348 e. The van der Waals surface area contributed by atoms with Crippen molar-refractivity contribution in [1.29, 1.82) is 0 Å². The number of hydrogen-bond acceptors (Lipinski definition) is 9. The van der Waals surface area contributed by atoms with Crippen LogP contribution in [-0.4, -0.2) is 42.2 Å². The second-order valence-corrected chi connectivity index (χ2v) is 7.67. The van der Waals surface area contributed by atoms with E-state index in [4.69, 9.17) is 19.9 Å². The van der Waals surface area contributed by atoms with Crippen LogP contribution < -0.4 is 20.5 Å². The van der Waals surface area contributed by atoms with Gasteiger partial charge in [-0.3, -0.25) is 4.79 Å². The zero-order valence-corrected chi connectivity index (χ0v) is 18.6. The number of nitrogens with two attached hydrogens (primary N) is 1. The largest absolute Gasteiger partial charge is 0.493 e. The molecule has 0 fully saturated rings. The molecule has 0 aliphatic rings. The molecular weight excluding hydrogens is 420 g/mol. The molecule has 1 amide bonds. The maximum Gasteiger partial charge on any atom is 0.348 e. The van der Waals surface area contributed by atoms with Gasteiger partial charge in [0, 0.05) is 6.54 Å². The quantitative estimate of drug-likeness (QED) is 0.483. The lowest BCUT2D eigenvalue weighted by molar-refractivity contribution is -0.119. The molecule has 0 saturated carbocycles.